The van der Waals surface area contributed by atoms with Gasteiger partial charge < -0.3 is 5.11 Å². The predicted octanol–water partition coefficient (Wildman–Crippen LogP) is -0.698. The molecule has 0 saturated carbocycles. The van der Waals surface area contributed by atoms with Crippen molar-refractivity contribution in [2.45, 2.75) is 19.1 Å². The van der Waals surface area contributed by atoms with Crippen LogP contribution >= 0.6 is 0 Å². The van der Waals surface area contributed by atoms with E-state index in [1.165, 1.54) is 0 Å². The summed E-state index contributed by atoms with van der Waals surface area (Å²) in [6.07, 6.45) is 2.00. The van der Waals surface area contributed by atoms with E-state index in [1.54, 1.807) is 0 Å². The Morgan fingerprint density at radius 3 is 3.18 bits per heavy atom. The Kier molecular flexibility index (Phi) is 3.28. The van der Waals surface area contributed by atoms with E-state index in [4.69, 9.17) is 9.94 Å². The molecule has 1 rings (SSSR count). The molecule has 11 heavy (non-hydrogen) atoms. The number of aliphatic carboxylic acids is 1. The van der Waals surface area contributed by atoms with Gasteiger partial charge in [-0.2, -0.15) is 5.48 Å². The van der Waals surface area contributed by atoms with Gasteiger partial charge in [0.2, 0.25) is 0 Å². The second-order valence-corrected chi connectivity index (χ2v) is 2.42. The molecule has 0 aromatic heterocycles. The Balaban J connectivity index is 1.98. The summed E-state index contributed by atoms with van der Waals surface area (Å²) in [4.78, 5) is 15.0. The Morgan fingerprint density at radius 1 is 1.82 bits per heavy atom. The Morgan fingerprint density at radius 2 is 2.64 bits per heavy atom. The topological polar surface area (TPSA) is 70.6 Å². The van der Waals surface area contributed by atoms with Crippen molar-refractivity contribution >= 4 is 5.97 Å². The molecule has 0 spiro atoms. The molecule has 0 amide bonds. The SMILES string of the molecule is O=C(O)CNOC1CCCN1. The summed E-state index contributed by atoms with van der Waals surface area (Å²) in [5.74, 6) is -0.914. The van der Waals surface area contributed by atoms with Crippen LogP contribution in [0.4, 0.5) is 0 Å². The van der Waals surface area contributed by atoms with Gasteiger partial charge in [-0.1, -0.05) is 0 Å². The van der Waals surface area contributed by atoms with Crippen molar-refractivity contribution in [3.8, 4) is 0 Å². The van der Waals surface area contributed by atoms with E-state index >= 15 is 0 Å². The Hall–Kier alpha value is -0.650. The van der Waals surface area contributed by atoms with E-state index in [0.717, 1.165) is 19.4 Å². The van der Waals surface area contributed by atoms with Crippen LogP contribution in [0.15, 0.2) is 0 Å². The van der Waals surface area contributed by atoms with Gasteiger partial charge >= 0.3 is 5.97 Å². The number of carboxylic acids is 1. The normalized spacial score (nSPS) is 23.8. The molecule has 5 nitrogen and oxygen atoms in total. The third kappa shape index (κ3) is 3.31. The average molecular weight is 160 g/mol. The lowest BCUT2D eigenvalue weighted by molar-refractivity contribution is -0.140. The molecule has 0 aliphatic carbocycles. The molecule has 3 N–H and O–H groups in total. The molecule has 1 fully saturated rings. The summed E-state index contributed by atoms with van der Waals surface area (Å²) in [5.41, 5.74) is 2.36. The van der Waals surface area contributed by atoms with Crippen LogP contribution in [-0.4, -0.2) is 30.4 Å². The number of rotatable bonds is 4. The first-order chi connectivity index (χ1) is 5.29. The van der Waals surface area contributed by atoms with Crippen molar-refractivity contribution in [3.63, 3.8) is 0 Å². The zero-order valence-corrected chi connectivity index (χ0v) is 6.17. The molecule has 1 heterocycles. The van der Waals surface area contributed by atoms with Gasteiger partial charge in [-0.05, 0) is 19.4 Å². The summed E-state index contributed by atoms with van der Waals surface area (Å²) in [7, 11) is 0. The monoisotopic (exact) mass is 160 g/mol. The highest BCUT2D eigenvalue weighted by molar-refractivity contribution is 5.68. The van der Waals surface area contributed by atoms with Crippen molar-refractivity contribution in [2.24, 2.45) is 0 Å². The molecule has 1 saturated heterocycles. The lowest BCUT2D eigenvalue weighted by Gasteiger charge is -2.09. The minimum atomic E-state index is -0.914. The first-order valence-electron chi connectivity index (χ1n) is 3.63. The van der Waals surface area contributed by atoms with E-state index in [-0.39, 0.29) is 12.8 Å². The second kappa shape index (κ2) is 4.27. The maximum absolute atomic E-state index is 10.0. The maximum atomic E-state index is 10.0. The maximum Gasteiger partial charge on any atom is 0.319 e. The minimum Gasteiger partial charge on any atom is -0.480 e. The number of hydroxylamine groups is 1. The molecule has 0 bridgehead atoms. The highest BCUT2D eigenvalue weighted by atomic mass is 16.7. The van der Waals surface area contributed by atoms with Crippen LogP contribution in [0.25, 0.3) is 0 Å². The van der Waals surface area contributed by atoms with Gasteiger partial charge in [0.1, 0.15) is 12.8 Å². The van der Waals surface area contributed by atoms with E-state index < -0.39 is 5.97 Å². The molecule has 64 valence electrons. The van der Waals surface area contributed by atoms with Gasteiger partial charge in [-0.25, -0.2) is 0 Å². The quantitative estimate of drug-likeness (QED) is 0.474. The number of hydrogen-bond donors (Lipinski definition) is 3. The molecular formula is C6H12N2O3. The zero-order valence-electron chi connectivity index (χ0n) is 6.17. The molecule has 0 aromatic rings. The van der Waals surface area contributed by atoms with Crippen LogP contribution < -0.4 is 10.8 Å². The summed E-state index contributed by atoms with van der Waals surface area (Å²) >= 11 is 0. The van der Waals surface area contributed by atoms with Gasteiger partial charge in [0, 0.05) is 0 Å². The summed E-state index contributed by atoms with van der Waals surface area (Å²) in [6.45, 7) is 0.789. The average Bonchev–Trinajstić information content (AvgIpc) is 2.39. The fourth-order valence-corrected chi connectivity index (χ4v) is 0.957. The van der Waals surface area contributed by atoms with Crippen LogP contribution in [-0.2, 0) is 9.63 Å². The van der Waals surface area contributed by atoms with E-state index in [9.17, 15) is 4.79 Å². The molecule has 1 aliphatic heterocycles. The van der Waals surface area contributed by atoms with Crippen LogP contribution in [0.5, 0.6) is 0 Å². The van der Waals surface area contributed by atoms with Gasteiger partial charge in [0.05, 0.1) is 0 Å². The minimum absolute atomic E-state index is 0.0191. The third-order valence-corrected chi connectivity index (χ3v) is 1.46. The first kappa shape index (κ1) is 8.45. The van der Waals surface area contributed by atoms with Gasteiger partial charge in [-0.3, -0.25) is 14.9 Å². The van der Waals surface area contributed by atoms with Crippen molar-refractivity contribution in [3.05, 3.63) is 0 Å². The van der Waals surface area contributed by atoms with Crippen molar-refractivity contribution in [1.29, 1.82) is 0 Å². The van der Waals surface area contributed by atoms with Crippen molar-refractivity contribution in [2.75, 3.05) is 13.1 Å². The van der Waals surface area contributed by atoms with Crippen LogP contribution in [0.2, 0.25) is 0 Å². The van der Waals surface area contributed by atoms with Crippen molar-refractivity contribution in [1.82, 2.24) is 10.8 Å². The van der Waals surface area contributed by atoms with Crippen LogP contribution in [0.3, 0.4) is 0 Å². The summed E-state index contributed by atoms with van der Waals surface area (Å²) in [5, 5.41) is 11.3. The third-order valence-electron chi connectivity index (χ3n) is 1.46. The number of hydrogen-bond acceptors (Lipinski definition) is 4. The van der Waals surface area contributed by atoms with Crippen LogP contribution in [0.1, 0.15) is 12.8 Å². The van der Waals surface area contributed by atoms with E-state index in [1.807, 2.05) is 0 Å². The van der Waals surface area contributed by atoms with Gasteiger partial charge in [0.25, 0.3) is 0 Å². The smallest absolute Gasteiger partial charge is 0.319 e. The highest BCUT2D eigenvalue weighted by Gasteiger charge is 2.14. The summed E-state index contributed by atoms with van der Waals surface area (Å²) < 4.78 is 0. The number of carboxylic acid groups (broad SMARTS) is 1. The van der Waals surface area contributed by atoms with E-state index in [2.05, 4.69) is 10.8 Å². The first-order valence-corrected chi connectivity index (χ1v) is 3.63. The zero-order chi connectivity index (χ0) is 8.10. The van der Waals surface area contributed by atoms with Gasteiger partial charge in [0.15, 0.2) is 0 Å². The number of nitrogens with one attached hydrogen (secondary N) is 2. The molecule has 5 heteroatoms. The fraction of sp³-hybridized carbons (Fsp3) is 0.833. The van der Waals surface area contributed by atoms with Crippen LogP contribution in [0, 0.1) is 0 Å². The van der Waals surface area contributed by atoms with E-state index in [0.29, 0.717) is 0 Å². The molecular weight excluding hydrogens is 148 g/mol. The Bertz CT molecular complexity index is 134. The molecule has 1 atom stereocenters. The Labute approximate surface area is 64.7 Å². The summed E-state index contributed by atoms with van der Waals surface area (Å²) in [6, 6.07) is 0. The lowest BCUT2D eigenvalue weighted by atomic mass is 10.4. The lowest BCUT2D eigenvalue weighted by Crippen LogP contribution is -2.33. The molecule has 1 unspecified atom stereocenters. The fourth-order valence-electron chi connectivity index (χ4n) is 0.957. The predicted molar refractivity (Wildman–Crippen MR) is 37.7 cm³/mol. The number of carbonyl (C=O) groups is 1. The van der Waals surface area contributed by atoms with Gasteiger partial charge in [-0.15, -0.1) is 0 Å². The second-order valence-electron chi connectivity index (χ2n) is 2.42. The molecule has 1 aliphatic rings. The van der Waals surface area contributed by atoms with Crippen molar-refractivity contribution < 1.29 is 14.7 Å². The standard InChI is InChI=1S/C6H12N2O3/c9-6(10)4-8-11-5-2-1-3-7-5/h5,7-8H,1-4H2,(H,9,10). The largest absolute Gasteiger partial charge is 0.480 e. The molecule has 0 radical (unpaired) electrons. The highest BCUT2D eigenvalue weighted by Crippen LogP contribution is 2.03. The molecule has 0 aromatic carbocycles.